The van der Waals surface area contributed by atoms with E-state index in [9.17, 15) is 31.1 Å². The van der Waals surface area contributed by atoms with E-state index in [0.29, 0.717) is 17.8 Å². The largest absolute Gasteiger partial charge is 0.490 e. The van der Waals surface area contributed by atoms with Crippen molar-refractivity contribution in [3.8, 4) is 10.6 Å². The second-order valence-electron chi connectivity index (χ2n) is 7.83. The van der Waals surface area contributed by atoms with Crippen LogP contribution in [-0.4, -0.2) is 67.9 Å². The Balaban J connectivity index is 0.000000349. The summed E-state index contributed by atoms with van der Waals surface area (Å²) >= 11 is 1.36. The number of nitrogens with one attached hydrogen (secondary N) is 2. The molecule has 4 rings (SSSR count). The summed E-state index contributed by atoms with van der Waals surface area (Å²) in [5.41, 5.74) is 8.75. The fraction of sp³-hybridized carbons (Fsp3) is 0.208. The van der Waals surface area contributed by atoms with Crippen LogP contribution in [0.25, 0.3) is 21.6 Å². The lowest BCUT2D eigenvalue weighted by Crippen LogP contribution is -2.41. The number of benzene rings is 1. The van der Waals surface area contributed by atoms with Gasteiger partial charge in [-0.05, 0) is 24.1 Å². The van der Waals surface area contributed by atoms with Crippen molar-refractivity contribution in [1.29, 1.82) is 0 Å². The van der Waals surface area contributed by atoms with Crippen LogP contribution in [0.5, 0.6) is 0 Å². The molecule has 0 bridgehead atoms. The minimum absolute atomic E-state index is 0.122. The molecule has 0 radical (unpaired) electrons. The van der Waals surface area contributed by atoms with E-state index in [1.807, 2.05) is 48.7 Å². The third kappa shape index (κ3) is 10.2. The van der Waals surface area contributed by atoms with Gasteiger partial charge in [0.25, 0.3) is 5.91 Å². The highest BCUT2D eigenvalue weighted by Crippen LogP contribution is 2.30. The van der Waals surface area contributed by atoms with E-state index in [1.165, 1.54) is 11.3 Å². The van der Waals surface area contributed by atoms with E-state index in [4.69, 9.17) is 25.5 Å². The number of nitrogens with zero attached hydrogens (tertiary/aromatic N) is 2. The number of carboxylic acid groups (broad SMARTS) is 2. The number of H-pyrrole nitrogens is 1. The highest BCUT2D eigenvalue weighted by Gasteiger charge is 2.38. The number of aromatic amines is 1. The van der Waals surface area contributed by atoms with Crippen molar-refractivity contribution >= 4 is 40.2 Å². The number of thiazole rings is 1. The van der Waals surface area contributed by atoms with Crippen LogP contribution >= 0.6 is 11.3 Å². The number of nitrogens with two attached hydrogens (primary N) is 1. The Morgan fingerprint density at radius 3 is 2.07 bits per heavy atom. The molecule has 0 aliphatic heterocycles. The molecule has 3 heterocycles. The summed E-state index contributed by atoms with van der Waals surface area (Å²) in [6.45, 7) is 0.375. The van der Waals surface area contributed by atoms with Crippen molar-refractivity contribution in [1.82, 2.24) is 20.3 Å². The summed E-state index contributed by atoms with van der Waals surface area (Å²) in [4.78, 5) is 42.8. The van der Waals surface area contributed by atoms with E-state index < -0.39 is 24.3 Å². The topological polar surface area (TPSA) is 171 Å². The van der Waals surface area contributed by atoms with E-state index >= 15 is 0 Å². The lowest BCUT2D eigenvalue weighted by molar-refractivity contribution is -0.193. The molecule has 1 atom stereocenters. The Bertz CT molecular complexity index is 1430. The lowest BCUT2D eigenvalue weighted by Gasteiger charge is -2.16. The van der Waals surface area contributed by atoms with Crippen molar-refractivity contribution in [2.24, 2.45) is 5.73 Å². The number of halogens is 6. The second-order valence-corrected chi connectivity index (χ2v) is 8.86. The first-order valence-electron chi connectivity index (χ1n) is 11.2. The first-order valence-corrected chi connectivity index (χ1v) is 12.0. The van der Waals surface area contributed by atoms with Gasteiger partial charge in [-0.25, -0.2) is 19.6 Å². The minimum Gasteiger partial charge on any atom is -0.475 e. The van der Waals surface area contributed by atoms with E-state index in [2.05, 4.69) is 20.3 Å². The number of aliphatic carboxylic acids is 2. The highest BCUT2D eigenvalue weighted by atomic mass is 32.1. The average Bonchev–Trinajstić information content (AvgIpc) is 3.56. The standard InChI is InChI=1S/C20H19N5OS.2C2HF3O2/c21-10-14(9-13-5-2-1-3-6-13)25-19(26)17-12-24-20(27-17)16-11-23-18-15(16)7-4-8-22-18;2*3-2(4,5)1(6)7/h1-8,11-12,14H,9-10,21H2,(H,22,23)(H,25,26);2*(H,6,7). The van der Waals surface area contributed by atoms with Gasteiger partial charge in [0.2, 0.25) is 0 Å². The Kier molecular flexibility index (Phi) is 11.3. The number of amides is 1. The molecule has 0 aliphatic rings. The molecule has 10 nitrogen and oxygen atoms in total. The molecule has 4 aromatic rings. The van der Waals surface area contributed by atoms with Crippen LogP contribution in [-0.2, 0) is 16.0 Å². The van der Waals surface area contributed by atoms with E-state index in [0.717, 1.165) is 27.2 Å². The summed E-state index contributed by atoms with van der Waals surface area (Å²) in [5, 5.41) is 19.0. The highest BCUT2D eigenvalue weighted by molar-refractivity contribution is 7.17. The molecule has 41 heavy (non-hydrogen) atoms. The molecule has 0 saturated carbocycles. The number of rotatable bonds is 6. The predicted molar refractivity (Wildman–Crippen MR) is 135 cm³/mol. The number of carbonyl (C=O) groups is 3. The van der Waals surface area contributed by atoms with Crippen LogP contribution in [0.2, 0.25) is 0 Å². The zero-order valence-corrected chi connectivity index (χ0v) is 21.3. The molecule has 1 amide bonds. The number of pyridine rings is 1. The second kappa shape index (κ2) is 14.2. The van der Waals surface area contributed by atoms with E-state index in [-0.39, 0.29) is 11.9 Å². The van der Waals surface area contributed by atoms with Gasteiger partial charge in [0.15, 0.2) is 0 Å². The third-order valence-electron chi connectivity index (χ3n) is 4.84. The number of alkyl halides is 6. The molecule has 3 aromatic heterocycles. The van der Waals surface area contributed by atoms with E-state index in [1.54, 1.807) is 12.4 Å². The zero-order valence-electron chi connectivity index (χ0n) is 20.5. The van der Waals surface area contributed by atoms with Gasteiger partial charge in [0.05, 0.1) is 6.20 Å². The van der Waals surface area contributed by atoms with Crippen LogP contribution in [0.4, 0.5) is 26.3 Å². The molecule has 6 N–H and O–H groups in total. The number of carbonyl (C=O) groups excluding carboxylic acids is 1. The molecule has 0 aliphatic carbocycles. The molecule has 17 heteroatoms. The Morgan fingerprint density at radius 1 is 0.951 bits per heavy atom. The Hall–Kier alpha value is -4.51. The molecular formula is C24H21F6N5O5S. The van der Waals surface area contributed by atoms with Crippen molar-refractivity contribution in [2.45, 2.75) is 24.8 Å². The molecule has 0 spiro atoms. The fourth-order valence-corrected chi connectivity index (χ4v) is 3.83. The van der Waals surface area contributed by atoms with Crippen molar-refractivity contribution < 1.29 is 50.9 Å². The van der Waals surface area contributed by atoms with Crippen LogP contribution in [0.1, 0.15) is 15.2 Å². The number of aromatic nitrogens is 3. The lowest BCUT2D eigenvalue weighted by atomic mass is 10.1. The first kappa shape index (κ1) is 32.7. The number of fused-ring (bicyclic) bond motifs is 1. The summed E-state index contributed by atoms with van der Waals surface area (Å²) in [6, 6.07) is 13.7. The van der Waals surface area contributed by atoms with Crippen molar-refractivity contribution in [2.75, 3.05) is 6.54 Å². The Labute approximate surface area is 230 Å². The maximum Gasteiger partial charge on any atom is 0.490 e. The summed E-state index contributed by atoms with van der Waals surface area (Å²) in [5.74, 6) is -5.66. The number of carboxylic acids is 2. The normalized spacial score (nSPS) is 11.9. The van der Waals surface area contributed by atoms with Crippen molar-refractivity contribution in [3.05, 3.63) is 71.5 Å². The minimum atomic E-state index is -5.08. The maximum absolute atomic E-state index is 12.6. The average molecular weight is 606 g/mol. The summed E-state index contributed by atoms with van der Waals surface area (Å²) in [7, 11) is 0. The van der Waals surface area contributed by atoms with Crippen LogP contribution in [0, 0.1) is 0 Å². The van der Waals surface area contributed by atoms with Gasteiger partial charge < -0.3 is 26.2 Å². The fourth-order valence-electron chi connectivity index (χ4n) is 2.98. The SMILES string of the molecule is NCC(Cc1ccccc1)NC(=O)c1cnc(-c2c[nH]c3ncccc23)s1.O=C(O)C(F)(F)F.O=C(O)C(F)(F)F. The van der Waals surface area contributed by atoms with Gasteiger partial charge >= 0.3 is 24.3 Å². The van der Waals surface area contributed by atoms with Gasteiger partial charge in [-0.15, -0.1) is 11.3 Å². The maximum atomic E-state index is 12.6. The first-order chi connectivity index (χ1) is 19.1. The quantitative estimate of drug-likeness (QED) is 0.203. The zero-order chi connectivity index (χ0) is 30.8. The number of hydrogen-bond acceptors (Lipinski definition) is 7. The smallest absolute Gasteiger partial charge is 0.475 e. The molecule has 220 valence electrons. The van der Waals surface area contributed by atoms with Gasteiger partial charge in [-0.1, -0.05) is 30.3 Å². The van der Waals surface area contributed by atoms with Gasteiger partial charge in [-0.2, -0.15) is 26.3 Å². The summed E-state index contributed by atoms with van der Waals surface area (Å²) in [6.07, 6.45) is -4.25. The van der Waals surface area contributed by atoms with Crippen LogP contribution in [0.3, 0.4) is 0 Å². The van der Waals surface area contributed by atoms with Gasteiger partial charge in [0, 0.05) is 35.9 Å². The van der Waals surface area contributed by atoms with Gasteiger partial charge in [0.1, 0.15) is 15.5 Å². The molecular weight excluding hydrogens is 584 g/mol. The van der Waals surface area contributed by atoms with Crippen LogP contribution < -0.4 is 11.1 Å². The third-order valence-corrected chi connectivity index (χ3v) is 5.87. The predicted octanol–water partition coefficient (Wildman–Crippen LogP) is 4.25. The molecule has 0 saturated heterocycles. The van der Waals surface area contributed by atoms with Gasteiger partial charge in [-0.3, -0.25) is 4.79 Å². The Morgan fingerprint density at radius 2 is 1.54 bits per heavy atom. The number of hydrogen-bond donors (Lipinski definition) is 5. The molecule has 1 aromatic carbocycles. The van der Waals surface area contributed by atoms with Crippen LogP contribution in [0.15, 0.2) is 61.1 Å². The molecule has 0 fully saturated rings. The summed E-state index contributed by atoms with van der Waals surface area (Å²) < 4.78 is 63.5. The monoisotopic (exact) mass is 605 g/mol. The molecule has 1 unspecified atom stereocenters. The van der Waals surface area contributed by atoms with Crippen molar-refractivity contribution in [3.63, 3.8) is 0 Å².